The number of para-hydroxylation sites is 1. The highest BCUT2D eigenvalue weighted by Crippen LogP contribution is 2.24. The number of benzene rings is 3. The molecule has 1 fully saturated rings. The maximum absolute atomic E-state index is 13.0. The molecule has 180 valence electrons. The highest BCUT2D eigenvalue weighted by Gasteiger charge is 2.23. The van der Waals surface area contributed by atoms with Crippen molar-refractivity contribution in [2.75, 3.05) is 30.9 Å². The number of rotatable bonds is 6. The Morgan fingerprint density at radius 1 is 0.972 bits per heavy atom. The lowest BCUT2D eigenvalue weighted by molar-refractivity contribution is 0.0628. The van der Waals surface area contributed by atoms with E-state index in [9.17, 15) is 14.6 Å². The predicted molar refractivity (Wildman–Crippen MR) is 141 cm³/mol. The summed E-state index contributed by atoms with van der Waals surface area (Å²) in [6.45, 7) is 3.47. The average Bonchev–Trinajstić information content (AvgIpc) is 2.93. The van der Waals surface area contributed by atoms with E-state index in [2.05, 4.69) is 20.7 Å². The van der Waals surface area contributed by atoms with Crippen LogP contribution in [0.25, 0.3) is 10.9 Å². The lowest BCUT2D eigenvalue weighted by Gasteiger charge is -2.35. The lowest BCUT2D eigenvalue weighted by Crippen LogP contribution is -2.48. The van der Waals surface area contributed by atoms with Gasteiger partial charge in [0.25, 0.3) is 5.91 Å². The second-order valence-corrected chi connectivity index (χ2v) is 9.80. The molecule has 8 heteroatoms. The number of carbonyl (C=O) groups is 1. The van der Waals surface area contributed by atoms with Gasteiger partial charge in [-0.15, -0.1) is 0 Å². The van der Waals surface area contributed by atoms with E-state index in [1.54, 1.807) is 36.5 Å². The summed E-state index contributed by atoms with van der Waals surface area (Å²) in [5, 5.41) is 10.2. The molecule has 1 aromatic heterocycles. The van der Waals surface area contributed by atoms with Crippen LogP contribution < -0.4 is 4.72 Å². The van der Waals surface area contributed by atoms with Crippen molar-refractivity contribution in [2.45, 2.75) is 11.4 Å². The van der Waals surface area contributed by atoms with E-state index >= 15 is 0 Å². The predicted octanol–water partition coefficient (Wildman–Crippen LogP) is 4.20. The Bertz CT molecular complexity index is 1410. The molecule has 1 amide bonds. The van der Waals surface area contributed by atoms with Crippen molar-refractivity contribution in [1.82, 2.24) is 14.8 Å². The SMILES string of the molecule is N#Cc1ccccc1CN1CCN(C(=O)c2ccc(N[S+]([O-])c3cccc4cccnc34)cc2)CC1. The highest BCUT2D eigenvalue weighted by molar-refractivity contribution is 7.93. The first-order valence-electron chi connectivity index (χ1n) is 11.7. The molecule has 0 saturated carbocycles. The summed E-state index contributed by atoms with van der Waals surface area (Å²) >= 11 is -1.49. The molecule has 1 atom stereocenters. The number of nitriles is 1. The van der Waals surface area contributed by atoms with Crippen LogP contribution in [0.3, 0.4) is 0 Å². The van der Waals surface area contributed by atoms with Crippen LogP contribution in [0.1, 0.15) is 21.5 Å². The fraction of sp³-hybridized carbons (Fsp3) is 0.179. The summed E-state index contributed by atoms with van der Waals surface area (Å²) in [4.78, 5) is 22.2. The third-order valence-corrected chi connectivity index (χ3v) is 7.48. The first-order valence-corrected chi connectivity index (χ1v) is 12.9. The molecule has 3 aromatic carbocycles. The van der Waals surface area contributed by atoms with Crippen LogP contribution in [0.15, 0.2) is 90.0 Å². The Morgan fingerprint density at radius 3 is 2.50 bits per heavy atom. The van der Waals surface area contributed by atoms with E-state index in [1.165, 1.54) is 0 Å². The van der Waals surface area contributed by atoms with Crippen molar-refractivity contribution in [3.05, 3.63) is 102 Å². The summed E-state index contributed by atoms with van der Waals surface area (Å²) in [7, 11) is 0. The van der Waals surface area contributed by atoms with Gasteiger partial charge in [0, 0.05) is 49.9 Å². The zero-order valence-corrected chi connectivity index (χ0v) is 20.4. The molecule has 0 radical (unpaired) electrons. The van der Waals surface area contributed by atoms with Gasteiger partial charge in [-0.3, -0.25) is 14.7 Å². The number of aromatic nitrogens is 1. The van der Waals surface area contributed by atoms with Crippen LogP contribution in [0.2, 0.25) is 0 Å². The molecule has 1 aliphatic rings. The van der Waals surface area contributed by atoms with Gasteiger partial charge in [-0.2, -0.15) is 5.26 Å². The number of hydrogen-bond acceptors (Lipinski definition) is 6. The number of amides is 1. The smallest absolute Gasteiger partial charge is 0.253 e. The maximum atomic E-state index is 13.0. The minimum atomic E-state index is -1.49. The number of nitrogens with zero attached hydrogens (tertiary/aromatic N) is 4. The van der Waals surface area contributed by atoms with Gasteiger partial charge in [0.15, 0.2) is 0 Å². The van der Waals surface area contributed by atoms with Gasteiger partial charge in [-0.1, -0.05) is 36.4 Å². The number of anilines is 1. The van der Waals surface area contributed by atoms with Gasteiger partial charge in [0.05, 0.1) is 17.3 Å². The Hall–Kier alpha value is -3.90. The second-order valence-electron chi connectivity index (χ2n) is 8.62. The van der Waals surface area contributed by atoms with Crippen molar-refractivity contribution < 1.29 is 9.35 Å². The molecule has 1 aliphatic heterocycles. The summed E-state index contributed by atoms with van der Waals surface area (Å²) in [6.07, 6.45) is 1.69. The zero-order chi connectivity index (χ0) is 24.9. The van der Waals surface area contributed by atoms with Gasteiger partial charge in [-0.25, -0.2) is 4.72 Å². The van der Waals surface area contributed by atoms with Crippen LogP contribution in [0.4, 0.5) is 5.69 Å². The van der Waals surface area contributed by atoms with Gasteiger partial charge in [-0.05, 0) is 48.0 Å². The lowest BCUT2D eigenvalue weighted by atomic mass is 10.1. The molecule has 1 N–H and O–H groups in total. The maximum Gasteiger partial charge on any atom is 0.253 e. The zero-order valence-electron chi connectivity index (χ0n) is 19.6. The van der Waals surface area contributed by atoms with Gasteiger partial charge in [0.1, 0.15) is 16.9 Å². The Morgan fingerprint density at radius 2 is 1.72 bits per heavy atom. The number of nitrogens with one attached hydrogen (secondary N) is 1. The number of piperazine rings is 1. The number of carbonyl (C=O) groups excluding carboxylic acids is 1. The first-order chi connectivity index (χ1) is 17.6. The summed E-state index contributed by atoms with van der Waals surface area (Å²) < 4.78 is 16.0. The molecule has 0 bridgehead atoms. The van der Waals surface area contributed by atoms with E-state index in [0.717, 1.165) is 24.0 Å². The molecular formula is C28H25N5O2S. The summed E-state index contributed by atoms with van der Waals surface area (Å²) in [6, 6.07) is 26.4. The standard InChI is InChI=1S/C28H25N5O2S/c29-19-23-5-1-2-6-24(23)20-32-15-17-33(18-16-32)28(34)22-10-12-25(13-11-22)31-36(35)26-9-3-7-21-8-4-14-30-27(21)26/h1-14,31H,15-18,20H2. The molecule has 1 unspecified atom stereocenters. The van der Waals surface area contributed by atoms with Crippen molar-refractivity contribution in [3.63, 3.8) is 0 Å². The van der Waals surface area contributed by atoms with Crippen molar-refractivity contribution >= 4 is 33.9 Å². The molecule has 7 nitrogen and oxygen atoms in total. The molecule has 5 rings (SSSR count). The molecule has 1 saturated heterocycles. The van der Waals surface area contributed by atoms with Crippen LogP contribution in [0.5, 0.6) is 0 Å². The number of fused-ring (bicyclic) bond motifs is 1. The fourth-order valence-electron chi connectivity index (χ4n) is 4.37. The van der Waals surface area contributed by atoms with Crippen LogP contribution in [-0.2, 0) is 17.9 Å². The van der Waals surface area contributed by atoms with Crippen molar-refractivity contribution in [1.29, 1.82) is 5.26 Å². The van der Waals surface area contributed by atoms with E-state index in [-0.39, 0.29) is 5.91 Å². The Balaban J connectivity index is 1.18. The van der Waals surface area contributed by atoms with E-state index in [0.29, 0.717) is 46.9 Å². The summed E-state index contributed by atoms with van der Waals surface area (Å²) in [5.41, 5.74) is 3.68. The first kappa shape index (κ1) is 23.8. The van der Waals surface area contributed by atoms with Crippen LogP contribution in [-0.4, -0.2) is 51.4 Å². The highest BCUT2D eigenvalue weighted by atomic mass is 32.2. The second kappa shape index (κ2) is 10.8. The van der Waals surface area contributed by atoms with Crippen LogP contribution >= 0.6 is 0 Å². The van der Waals surface area contributed by atoms with E-state index < -0.39 is 11.4 Å². The molecule has 0 spiro atoms. The summed E-state index contributed by atoms with van der Waals surface area (Å²) in [5.74, 6) is -0.0157. The monoisotopic (exact) mass is 495 g/mol. The van der Waals surface area contributed by atoms with E-state index in [4.69, 9.17) is 0 Å². The quantitative estimate of drug-likeness (QED) is 0.403. The molecular weight excluding hydrogens is 470 g/mol. The molecule has 36 heavy (non-hydrogen) atoms. The molecule has 4 aromatic rings. The van der Waals surface area contributed by atoms with Gasteiger partial charge >= 0.3 is 0 Å². The topological polar surface area (TPSA) is 95.3 Å². The minimum Gasteiger partial charge on any atom is -0.588 e. The minimum absolute atomic E-state index is 0.0157. The number of pyridine rings is 1. The van der Waals surface area contributed by atoms with Crippen LogP contribution in [0, 0.1) is 11.3 Å². The van der Waals surface area contributed by atoms with Crippen molar-refractivity contribution in [3.8, 4) is 6.07 Å². The van der Waals surface area contributed by atoms with E-state index in [1.807, 2.05) is 53.4 Å². The Kier molecular flexibility index (Phi) is 7.14. The molecule has 2 heterocycles. The fourth-order valence-corrected chi connectivity index (χ4v) is 5.38. The number of hydrogen-bond donors (Lipinski definition) is 1. The van der Waals surface area contributed by atoms with Crippen molar-refractivity contribution in [2.24, 2.45) is 0 Å². The van der Waals surface area contributed by atoms with Gasteiger partial charge < -0.3 is 9.45 Å². The third-order valence-electron chi connectivity index (χ3n) is 6.33. The Labute approximate surface area is 213 Å². The average molecular weight is 496 g/mol. The third kappa shape index (κ3) is 5.19. The molecule has 0 aliphatic carbocycles. The normalized spacial score (nSPS) is 14.8. The van der Waals surface area contributed by atoms with Gasteiger partial charge in [0.2, 0.25) is 4.90 Å². The largest absolute Gasteiger partial charge is 0.588 e.